The van der Waals surface area contributed by atoms with Crippen LogP contribution >= 0.6 is 11.6 Å². The Kier molecular flexibility index (Phi) is 4.61. The number of hydrogen-bond donors (Lipinski definition) is 3. The Labute approximate surface area is 122 Å². The van der Waals surface area contributed by atoms with Gasteiger partial charge in [0.2, 0.25) is 0 Å². The van der Waals surface area contributed by atoms with E-state index in [2.05, 4.69) is 10.6 Å². The third-order valence-corrected chi connectivity index (χ3v) is 3.07. The van der Waals surface area contributed by atoms with Crippen molar-refractivity contribution in [3.63, 3.8) is 0 Å². The first-order valence-corrected chi connectivity index (χ1v) is 6.52. The van der Waals surface area contributed by atoms with E-state index in [4.69, 9.17) is 11.6 Å². The van der Waals surface area contributed by atoms with E-state index in [-0.39, 0.29) is 11.3 Å². The molecule has 0 atom stereocenters. The molecule has 0 radical (unpaired) electrons. The van der Waals surface area contributed by atoms with Gasteiger partial charge in [-0.05, 0) is 36.9 Å². The average Bonchev–Trinajstić information content (AvgIpc) is 2.44. The van der Waals surface area contributed by atoms with Crippen molar-refractivity contribution in [3.05, 3.63) is 58.6 Å². The molecular weight excluding hydrogens is 276 g/mol. The highest BCUT2D eigenvalue weighted by Gasteiger charge is 2.13. The Morgan fingerprint density at radius 3 is 2.75 bits per heavy atom. The van der Waals surface area contributed by atoms with E-state index in [1.165, 1.54) is 18.2 Å². The van der Waals surface area contributed by atoms with E-state index in [1.807, 2.05) is 31.3 Å². The van der Waals surface area contributed by atoms with Gasteiger partial charge in [0.1, 0.15) is 5.75 Å². The first kappa shape index (κ1) is 14.4. The molecule has 0 fully saturated rings. The lowest BCUT2D eigenvalue weighted by Gasteiger charge is -2.11. The van der Waals surface area contributed by atoms with E-state index in [0.717, 1.165) is 5.56 Å². The number of phenols is 1. The molecule has 0 spiro atoms. The molecule has 20 heavy (non-hydrogen) atoms. The third kappa shape index (κ3) is 3.29. The molecule has 104 valence electrons. The normalized spacial score (nSPS) is 10.3. The molecule has 0 unspecified atom stereocenters. The number of halogens is 1. The molecular formula is C15H15ClN2O2. The quantitative estimate of drug-likeness (QED) is 0.811. The zero-order chi connectivity index (χ0) is 14.5. The van der Waals surface area contributed by atoms with Crippen molar-refractivity contribution in [2.75, 3.05) is 12.4 Å². The van der Waals surface area contributed by atoms with E-state index >= 15 is 0 Å². The Hall–Kier alpha value is -2.04. The summed E-state index contributed by atoms with van der Waals surface area (Å²) >= 11 is 5.84. The predicted molar refractivity (Wildman–Crippen MR) is 80.3 cm³/mol. The summed E-state index contributed by atoms with van der Waals surface area (Å²) in [6.45, 7) is 0.637. The zero-order valence-corrected chi connectivity index (χ0v) is 11.7. The highest BCUT2D eigenvalue weighted by molar-refractivity contribution is 6.31. The van der Waals surface area contributed by atoms with Crippen LogP contribution in [0.1, 0.15) is 15.9 Å². The summed E-state index contributed by atoms with van der Waals surface area (Å²) in [5.74, 6) is -0.494. The zero-order valence-electron chi connectivity index (χ0n) is 11.0. The summed E-state index contributed by atoms with van der Waals surface area (Å²) in [5, 5.41) is 15.9. The highest BCUT2D eigenvalue weighted by atomic mass is 35.5. The number of rotatable bonds is 4. The minimum atomic E-state index is -0.395. The van der Waals surface area contributed by atoms with E-state index in [1.54, 1.807) is 0 Å². The van der Waals surface area contributed by atoms with Crippen LogP contribution in [0.25, 0.3) is 0 Å². The molecule has 2 aromatic rings. The van der Waals surface area contributed by atoms with Crippen molar-refractivity contribution in [3.8, 4) is 5.75 Å². The van der Waals surface area contributed by atoms with Gasteiger partial charge in [-0.15, -0.1) is 0 Å². The molecule has 5 heteroatoms. The SMILES string of the molecule is CNCc1ccccc1NC(=O)c1cc(Cl)ccc1O. The predicted octanol–water partition coefficient (Wildman–Crippen LogP) is 3.02. The maximum Gasteiger partial charge on any atom is 0.259 e. The van der Waals surface area contributed by atoms with Gasteiger partial charge in [0.25, 0.3) is 5.91 Å². The summed E-state index contributed by atoms with van der Waals surface area (Å²) in [4.78, 5) is 12.2. The van der Waals surface area contributed by atoms with Gasteiger partial charge in [0.15, 0.2) is 0 Å². The maximum absolute atomic E-state index is 12.2. The fourth-order valence-corrected chi connectivity index (χ4v) is 2.04. The molecule has 0 aliphatic heterocycles. The van der Waals surface area contributed by atoms with E-state index in [0.29, 0.717) is 17.3 Å². The number of carbonyl (C=O) groups excluding carboxylic acids is 1. The number of phenolic OH excluding ortho intramolecular Hbond substituents is 1. The Morgan fingerprint density at radius 2 is 2.00 bits per heavy atom. The molecule has 0 aliphatic rings. The number of hydrogen-bond acceptors (Lipinski definition) is 3. The standard InChI is InChI=1S/C15H15ClN2O2/c1-17-9-10-4-2-3-5-13(10)18-15(20)12-8-11(16)6-7-14(12)19/h2-8,17,19H,9H2,1H3,(H,18,20). The number of para-hydroxylation sites is 1. The van der Waals surface area contributed by atoms with Crippen molar-refractivity contribution in [2.24, 2.45) is 0 Å². The second kappa shape index (κ2) is 6.41. The van der Waals surface area contributed by atoms with Gasteiger partial charge in [-0.2, -0.15) is 0 Å². The first-order chi connectivity index (χ1) is 9.61. The topological polar surface area (TPSA) is 61.4 Å². The summed E-state index contributed by atoms with van der Waals surface area (Å²) in [7, 11) is 1.83. The van der Waals surface area contributed by atoms with Crippen LogP contribution in [0.5, 0.6) is 5.75 Å². The molecule has 0 bridgehead atoms. The first-order valence-electron chi connectivity index (χ1n) is 6.14. The number of carbonyl (C=O) groups is 1. The molecule has 0 aromatic heterocycles. The smallest absolute Gasteiger partial charge is 0.259 e. The van der Waals surface area contributed by atoms with Crippen molar-refractivity contribution in [1.29, 1.82) is 0 Å². The van der Waals surface area contributed by atoms with Gasteiger partial charge >= 0.3 is 0 Å². The Balaban J connectivity index is 2.26. The molecule has 1 amide bonds. The van der Waals surface area contributed by atoms with Crippen LogP contribution in [0.2, 0.25) is 5.02 Å². The number of aromatic hydroxyl groups is 1. The summed E-state index contributed by atoms with van der Waals surface area (Å²) in [6, 6.07) is 11.8. The van der Waals surface area contributed by atoms with Crippen molar-refractivity contribution < 1.29 is 9.90 Å². The van der Waals surface area contributed by atoms with Crippen LogP contribution in [0.15, 0.2) is 42.5 Å². The van der Waals surface area contributed by atoms with Crippen LogP contribution < -0.4 is 10.6 Å². The minimum absolute atomic E-state index is 0.0991. The van der Waals surface area contributed by atoms with Gasteiger partial charge in [0, 0.05) is 17.3 Å². The Bertz CT molecular complexity index is 629. The molecule has 0 saturated heterocycles. The van der Waals surface area contributed by atoms with Crippen molar-refractivity contribution >= 4 is 23.2 Å². The number of benzene rings is 2. The number of anilines is 1. The molecule has 4 nitrogen and oxygen atoms in total. The van der Waals surface area contributed by atoms with Crippen LogP contribution in [-0.4, -0.2) is 18.1 Å². The lowest BCUT2D eigenvalue weighted by Crippen LogP contribution is -2.15. The van der Waals surface area contributed by atoms with Gasteiger partial charge in [-0.25, -0.2) is 0 Å². The highest BCUT2D eigenvalue weighted by Crippen LogP contribution is 2.23. The Morgan fingerprint density at radius 1 is 1.25 bits per heavy atom. The number of nitrogens with one attached hydrogen (secondary N) is 2. The number of amides is 1. The summed E-state index contributed by atoms with van der Waals surface area (Å²) in [5.41, 5.74) is 1.81. The van der Waals surface area contributed by atoms with Crippen molar-refractivity contribution in [1.82, 2.24) is 5.32 Å². The minimum Gasteiger partial charge on any atom is -0.507 e. The molecule has 0 aliphatic carbocycles. The lowest BCUT2D eigenvalue weighted by atomic mass is 10.1. The maximum atomic E-state index is 12.2. The fourth-order valence-electron chi connectivity index (χ4n) is 1.87. The van der Waals surface area contributed by atoms with Crippen LogP contribution in [0, 0.1) is 0 Å². The van der Waals surface area contributed by atoms with Crippen LogP contribution in [0.3, 0.4) is 0 Å². The van der Waals surface area contributed by atoms with Gasteiger partial charge in [-0.1, -0.05) is 29.8 Å². The average molecular weight is 291 g/mol. The molecule has 0 saturated carbocycles. The van der Waals surface area contributed by atoms with E-state index in [9.17, 15) is 9.90 Å². The monoisotopic (exact) mass is 290 g/mol. The summed E-state index contributed by atoms with van der Waals surface area (Å²) in [6.07, 6.45) is 0. The third-order valence-electron chi connectivity index (χ3n) is 2.84. The largest absolute Gasteiger partial charge is 0.507 e. The fraction of sp³-hybridized carbons (Fsp3) is 0.133. The van der Waals surface area contributed by atoms with Crippen molar-refractivity contribution in [2.45, 2.75) is 6.54 Å². The summed E-state index contributed by atoms with van der Waals surface area (Å²) < 4.78 is 0. The molecule has 2 rings (SSSR count). The van der Waals surface area contributed by atoms with Crippen LogP contribution in [-0.2, 0) is 6.54 Å². The second-order valence-electron chi connectivity index (χ2n) is 4.30. The molecule has 2 aromatic carbocycles. The molecule has 3 N–H and O–H groups in total. The second-order valence-corrected chi connectivity index (χ2v) is 4.74. The van der Waals surface area contributed by atoms with Gasteiger partial charge in [-0.3, -0.25) is 4.79 Å². The molecule has 0 heterocycles. The lowest BCUT2D eigenvalue weighted by molar-refractivity contribution is 0.102. The van der Waals surface area contributed by atoms with E-state index < -0.39 is 5.91 Å². The van der Waals surface area contributed by atoms with Gasteiger partial charge in [0.05, 0.1) is 5.56 Å². The van der Waals surface area contributed by atoms with Crippen LogP contribution in [0.4, 0.5) is 5.69 Å². The van der Waals surface area contributed by atoms with Gasteiger partial charge < -0.3 is 15.7 Å².